The van der Waals surface area contributed by atoms with Crippen molar-refractivity contribution in [1.29, 1.82) is 0 Å². The number of hydrogen-bond donors (Lipinski definition) is 2. The molecule has 1 unspecified atom stereocenters. The molecule has 1 atom stereocenters. The summed E-state index contributed by atoms with van der Waals surface area (Å²) in [4.78, 5) is 25.7. The molecule has 0 radical (unpaired) electrons. The van der Waals surface area contributed by atoms with Gasteiger partial charge in [0.15, 0.2) is 0 Å². The van der Waals surface area contributed by atoms with E-state index in [1.54, 1.807) is 38.1 Å². The maximum atomic E-state index is 13.8. The molecule has 0 spiro atoms. The third kappa shape index (κ3) is 3.95. The average Bonchev–Trinajstić information content (AvgIpc) is 3.46. The van der Waals surface area contributed by atoms with Crippen molar-refractivity contribution in [2.75, 3.05) is 15.4 Å². The molecule has 33 heavy (non-hydrogen) atoms. The molecule has 5 rings (SSSR count). The summed E-state index contributed by atoms with van der Waals surface area (Å²) in [5.41, 5.74) is 5.60. The SMILES string of the molecule is CC(C)(O)c1cccc(N2C(=O)CCS2(=O)=NC(=O)Nc2c3c(cc4c2CCC4)CCC3)c1. The van der Waals surface area contributed by atoms with Crippen LogP contribution in [0.3, 0.4) is 0 Å². The lowest BCUT2D eigenvalue weighted by molar-refractivity contribution is -0.116. The van der Waals surface area contributed by atoms with E-state index < -0.39 is 21.5 Å². The van der Waals surface area contributed by atoms with Gasteiger partial charge in [-0.1, -0.05) is 18.2 Å². The van der Waals surface area contributed by atoms with E-state index in [2.05, 4.69) is 15.7 Å². The number of anilines is 2. The number of nitrogens with zero attached hydrogens (tertiary/aromatic N) is 2. The van der Waals surface area contributed by atoms with E-state index in [-0.39, 0.29) is 18.1 Å². The van der Waals surface area contributed by atoms with Crippen LogP contribution in [0.1, 0.15) is 60.9 Å². The number of amides is 3. The van der Waals surface area contributed by atoms with E-state index in [0.29, 0.717) is 11.3 Å². The largest absolute Gasteiger partial charge is 0.386 e. The summed E-state index contributed by atoms with van der Waals surface area (Å²) in [5, 5.41) is 13.3. The Labute approximate surface area is 194 Å². The van der Waals surface area contributed by atoms with Crippen LogP contribution >= 0.6 is 0 Å². The Morgan fingerprint density at radius 1 is 1.06 bits per heavy atom. The highest BCUT2D eigenvalue weighted by molar-refractivity contribution is 7.96. The summed E-state index contributed by atoms with van der Waals surface area (Å²) >= 11 is 0. The zero-order valence-corrected chi connectivity index (χ0v) is 19.8. The minimum absolute atomic E-state index is 0.00297. The molecule has 1 saturated heterocycles. The number of carbonyl (C=O) groups is 2. The summed E-state index contributed by atoms with van der Waals surface area (Å²) in [5.74, 6) is -0.345. The second-order valence-corrected chi connectivity index (χ2v) is 11.8. The zero-order chi connectivity index (χ0) is 23.4. The number of nitrogens with one attached hydrogen (secondary N) is 1. The summed E-state index contributed by atoms with van der Waals surface area (Å²) < 4.78 is 19.0. The van der Waals surface area contributed by atoms with Crippen molar-refractivity contribution in [3.63, 3.8) is 0 Å². The Bertz CT molecular complexity index is 1250. The number of rotatable bonds is 3. The maximum absolute atomic E-state index is 13.8. The molecule has 0 bridgehead atoms. The fourth-order valence-electron chi connectivity index (χ4n) is 5.21. The van der Waals surface area contributed by atoms with Gasteiger partial charge < -0.3 is 10.4 Å². The topological polar surface area (TPSA) is 99.1 Å². The molecule has 1 heterocycles. The summed E-state index contributed by atoms with van der Waals surface area (Å²) in [7, 11) is -3.29. The third-order valence-corrected chi connectivity index (χ3v) is 8.98. The van der Waals surface area contributed by atoms with Gasteiger partial charge >= 0.3 is 6.03 Å². The molecule has 174 valence electrons. The minimum atomic E-state index is -3.29. The number of urea groups is 1. The highest BCUT2D eigenvalue weighted by Crippen LogP contribution is 2.39. The van der Waals surface area contributed by atoms with Crippen LogP contribution in [0.2, 0.25) is 0 Å². The molecular weight excluding hydrogens is 438 g/mol. The molecule has 0 aromatic heterocycles. The number of aliphatic hydroxyl groups is 1. The molecule has 1 aliphatic heterocycles. The van der Waals surface area contributed by atoms with Crippen LogP contribution < -0.4 is 9.62 Å². The monoisotopic (exact) mass is 467 g/mol. The van der Waals surface area contributed by atoms with Crippen molar-refractivity contribution in [1.82, 2.24) is 0 Å². The number of carbonyl (C=O) groups excluding carboxylic acids is 2. The van der Waals surface area contributed by atoms with Crippen molar-refractivity contribution in [2.45, 2.75) is 64.4 Å². The van der Waals surface area contributed by atoms with Crippen molar-refractivity contribution in [3.05, 3.63) is 58.1 Å². The molecule has 2 aromatic carbocycles. The first-order chi connectivity index (χ1) is 15.7. The lowest BCUT2D eigenvalue weighted by Gasteiger charge is -2.23. The Kier molecular flexibility index (Phi) is 5.33. The number of hydrogen-bond acceptors (Lipinski definition) is 4. The van der Waals surface area contributed by atoms with Gasteiger partial charge in [0.25, 0.3) is 0 Å². The first-order valence-electron chi connectivity index (χ1n) is 11.5. The van der Waals surface area contributed by atoms with Crippen LogP contribution in [-0.2, 0) is 46.0 Å². The van der Waals surface area contributed by atoms with Gasteiger partial charge in [0.1, 0.15) is 9.92 Å². The first-order valence-corrected chi connectivity index (χ1v) is 13.2. The molecule has 8 heteroatoms. The maximum Gasteiger partial charge on any atom is 0.355 e. The predicted octanol–water partition coefficient (Wildman–Crippen LogP) is 4.24. The number of benzene rings is 2. The van der Waals surface area contributed by atoms with Crippen molar-refractivity contribution >= 4 is 33.2 Å². The van der Waals surface area contributed by atoms with Crippen molar-refractivity contribution in [3.8, 4) is 0 Å². The van der Waals surface area contributed by atoms with Crippen LogP contribution in [0.5, 0.6) is 0 Å². The molecule has 7 nitrogen and oxygen atoms in total. The van der Waals surface area contributed by atoms with Gasteiger partial charge in [-0.05, 0) is 92.3 Å². The fourth-order valence-corrected chi connectivity index (χ4v) is 7.16. The van der Waals surface area contributed by atoms with E-state index in [1.165, 1.54) is 22.3 Å². The van der Waals surface area contributed by atoms with Crippen LogP contribution in [0.4, 0.5) is 16.2 Å². The third-order valence-electron chi connectivity index (χ3n) is 6.81. The molecule has 2 N–H and O–H groups in total. The van der Waals surface area contributed by atoms with Crippen molar-refractivity contribution in [2.24, 2.45) is 4.36 Å². The molecule has 3 aliphatic rings. The summed E-state index contributed by atoms with van der Waals surface area (Å²) in [6.45, 7) is 3.29. The molecule has 2 aromatic rings. The van der Waals surface area contributed by atoms with Crippen molar-refractivity contribution < 1.29 is 18.9 Å². The van der Waals surface area contributed by atoms with Crippen LogP contribution in [-0.4, -0.2) is 27.0 Å². The van der Waals surface area contributed by atoms with Gasteiger partial charge in [-0.15, -0.1) is 4.36 Å². The van der Waals surface area contributed by atoms with Gasteiger partial charge in [0, 0.05) is 12.1 Å². The molecular formula is C25H29N3O4S. The molecule has 1 fully saturated rings. The summed E-state index contributed by atoms with van der Waals surface area (Å²) in [6.07, 6.45) is 6.05. The number of fused-ring (bicyclic) bond motifs is 2. The molecule has 0 saturated carbocycles. The molecule has 3 amide bonds. The second-order valence-electron chi connectivity index (χ2n) is 9.61. The van der Waals surface area contributed by atoms with E-state index in [4.69, 9.17) is 0 Å². The average molecular weight is 468 g/mol. The van der Waals surface area contributed by atoms with Gasteiger partial charge in [0.05, 0.1) is 17.0 Å². The second kappa shape index (κ2) is 7.95. The Morgan fingerprint density at radius 2 is 1.73 bits per heavy atom. The quantitative estimate of drug-likeness (QED) is 0.705. The Morgan fingerprint density at radius 3 is 2.36 bits per heavy atom. The summed E-state index contributed by atoms with van der Waals surface area (Å²) in [6, 6.07) is 8.34. The van der Waals surface area contributed by atoms with Gasteiger partial charge in [0.2, 0.25) is 5.91 Å². The standard InChI is InChI=1S/C25H29N3O4S/c1-25(2,31)18-8-5-9-19(15-18)28-22(29)12-13-33(28,32)27-24(30)26-23-20-10-3-6-16(20)14-17-7-4-11-21(17)23/h5,8-9,14-15,31H,3-4,6-7,10-13H2,1-2H3,(H,26,30). The first kappa shape index (κ1) is 22.1. The minimum Gasteiger partial charge on any atom is -0.386 e. The fraction of sp³-hybridized carbons (Fsp3) is 0.440. The van der Waals surface area contributed by atoms with Crippen LogP contribution in [0, 0.1) is 0 Å². The predicted molar refractivity (Wildman–Crippen MR) is 129 cm³/mol. The normalized spacial score (nSPS) is 21.8. The number of aryl methyl sites for hydroxylation is 2. The highest BCUT2D eigenvalue weighted by Gasteiger charge is 2.36. The lowest BCUT2D eigenvalue weighted by Crippen LogP contribution is -2.31. The van der Waals surface area contributed by atoms with Gasteiger partial charge in [-0.25, -0.2) is 13.3 Å². The van der Waals surface area contributed by atoms with E-state index in [0.717, 1.165) is 48.5 Å². The zero-order valence-electron chi connectivity index (χ0n) is 19.0. The molecule has 2 aliphatic carbocycles. The van der Waals surface area contributed by atoms with Crippen LogP contribution in [0.25, 0.3) is 0 Å². The van der Waals surface area contributed by atoms with Gasteiger partial charge in [-0.2, -0.15) is 0 Å². The van der Waals surface area contributed by atoms with Gasteiger partial charge in [-0.3, -0.25) is 4.79 Å². The van der Waals surface area contributed by atoms with E-state index in [9.17, 15) is 18.9 Å². The van der Waals surface area contributed by atoms with Crippen LogP contribution in [0.15, 0.2) is 34.7 Å². The lowest BCUT2D eigenvalue weighted by atomic mass is 9.98. The Balaban J connectivity index is 1.50. The van der Waals surface area contributed by atoms with E-state index >= 15 is 0 Å². The highest BCUT2D eigenvalue weighted by atomic mass is 32.2. The smallest absolute Gasteiger partial charge is 0.355 e. The Hall–Kier alpha value is -2.71. The van der Waals surface area contributed by atoms with E-state index in [1.807, 2.05) is 0 Å².